The van der Waals surface area contributed by atoms with Gasteiger partial charge in [0.25, 0.3) is 0 Å². The summed E-state index contributed by atoms with van der Waals surface area (Å²) in [7, 11) is 1.58. The van der Waals surface area contributed by atoms with Gasteiger partial charge in [-0.1, -0.05) is 30.3 Å². The molecule has 0 bridgehead atoms. The molecule has 90 valence electrons. The van der Waals surface area contributed by atoms with Crippen LogP contribution in [0, 0.1) is 0 Å². The van der Waals surface area contributed by atoms with Crippen LogP contribution in [0.3, 0.4) is 0 Å². The van der Waals surface area contributed by atoms with Crippen LogP contribution in [0.5, 0.6) is 5.75 Å². The zero-order chi connectivity index (χ0) is 12.7. The number of benzene rings is 2. The van der Waals surface area contributed by atoms with Gasteiger partial charge in [-0.3, -0.25) is 4.79 Å². The minimum Gasteiger partial charge on any atom is -0.497 e. The summed E-state index contributed by atoms with van der Waals surface area (Å²) in [4.78, 5) is 11.5. The number of ether oxygens (including phenoxy) is 1. The van der Waals surface area contributed by atoms with Crippen LogP contribution in [0.15, 0.2) is 42.5 Å². The SMILES string of the molecule is COc1ccc2c(c1)C(C(=O)O)c1ccccc1-2. The Morgan fingerprint density at radius 1 is 1.11 bits per heavy atom. The molecule has 0 fully saturated rings. The molecular formula is C15H12O3. The molecular weight excluding hydrogens is 228 g/mol. The lowest BCUT2D eigenvalue weighted by molar-refractivity contribution is -0.137. The van der Waals surface area contributed by atoms with Crippen molar-refractivity contribution >= 4 is 5.97 Å². The first kappa shape index (κ1) is 10.8. The molecule has 3 rings (SSSR count). The van der Waals surface area contributed by atoms with Crippen molar-refractivity contribution in [3.8, 4) is 16.9 Å². The van der Waals surface area contributed by atoms with Gasteiger partial charge in [-0.05, 0) is 34.4 Å². The molecule has 0 radical (unpaired) electrons. The van der Waals surface area contributed by atoms with Crippen LogP contribution < -0.4 is 4.74 Å². The molecule has 0 amide bonds. The highest BCUT2D eigenvalue weighted by atomic mass is 16.5. The summed E-state index contributed by atoms with van der Waals surface area (Å²) in [6.45, 7) is 0. The minimum absolute atomic E-state index is 0.591. The Kier molecular flexibility index (Phi) is 2.33. The normalized spacial score (nSPS) is 15.9. The quantitative estimate of drug-likeness (QED) is 0.877. The Labute approximate surface area is 105 Å². The molecule has 1 aliphatic carbocycles. The highest BCUT2D eigenvalue weighted by molar-refractivity contribution is 5.93. The van der Waals surface area contributed by atoms with Gasteiger partial charge in [-0.2, -0.15) is 0 Å². The van der Waals surface area contributed by atoms with Crippen LogP contribution in [0.4, 0.5) is 0 Å². The van der Waals surface area contributed by atoms with Gasteiger partial charge in [0, 0.05) is 0 Å². The number of methoxy groups -OCH3 is 1. The lowest BCUT2D eigenvalue weighted by atomic mass is 9.97. The first-order chi connectivity index (χ1) is 8.72. The number of rotatable bonds is 2. The van der Waals surface area contributed by atoms with Gasteiger partial charge in [0.2, 0.25) is 0 Å². The number of hydrogen-bond acceptors (Lipinski definition) is 2. The van der Waals surface area contributed by atoms with Crippen molar-refractivity contribution in [2.45, 2.75) is 5.92 Å². The third kappa shape index (κ3) is 1.40. The van der Waals surface area contributed by atoms with Crippen LogP contribution in [0.25, 0.3) is 11.1 Å². The van der Waals surface area contributed by atoms with Crippen molar-refractivity contribution in [2.75, 3.05) is 7.11 Å². The number of hydrogen-bond donors (Lipinski definition) is 1. The van der Waals surface area contributed by atoms with E-state index in [1.165, 1.54) is 0 Å². The Bertz CT molecular complexity index is 631. The van der Waals surface area contributed by atoms with E-state index >= 15 is 0 Å². The molecule has 0 saturated carbocycles. The van der Waals surface area contributed by atoms with Crippen LogP contribution in [-0.2, 0) is 4.79 Å². The van der Waals surface area contributed by atoms with Crippen molar-refractivity contribution in [3.63, 3.8) is 0 Å². The molecule has 18 heavy (non-hydrogen) atoms. The van der Waals surface area contributed by atoms with Gasteiger partial charge >= 0.3 is 5.97 Å². The van der Waals surface area contributed by atoms with Crippen molar-refractivity contribution in [3.05, 3.63) is 53.6 Å². The summed E-state index contributed by atoms with van der Waals surface area (Å²) in [5.41, 5.74) is 3.65. The maximum absolute atomic E-state index is 11.5. The molecule has 2 aromatic carbocycles. The molecule has 2 aromatic rings. The smallest absolute Gasteiger partial charge is 0.315 e. The van der Waals surface area contributed by atoms with Crippen LogP contribution in [-0.4, -0.2) is 18.2 Å². The van der Waals surface area contributed by atoms with Gasteiger partial charge in [0.15, 0.2) is 0 Å². The Hall–Kier alpha value is -2.29. The lowest BCUT2D eigenvalue weighted by Gasteiger charge is -2.08. The molecule has 1 atom stereocenters. The van der Waals surface area contributed by atoms with Gasteiger partial charge in [0.05, 0.1) is 7.11 Å². The predicted molar refractivity (Wildman–Crippen MR) is 67.9 cm³/mol. The fraction of sp³-hybridized carbons (Fsp3) is 0.133. The van der Waals surface area contributed by atoms with E-state index < -0.39 is 11.9 Å². The maximum Gasteiger partial charge on any atom is 0.315 e. The van der Waals surface area contributed by atoms with Crippen LogP contribution in [0.2, 0.25) is 0 Å². The second-order valence-electron chi connectivity index (χ2n) is 4.31. The number of carboxylic acids is 1. The largest absolute Gasteiger partial charge is 0.497 e. The number of aliphatic carboxylic acids is 1. The summed E-state index contributed by atoms with van der Waals surface area (Å²) >= 11 is 0. The maximum atomic E-state index is 11.5. The molecule has 1 unspecified atom stereocenters. The summed E-state index contributed by atoms with van der Waals surface area (Å²) < 4.78 is 5.17. The minimum atomic E-state index is -0.825. The number of carbonyl (C=O) groups is 1. The molecule has 0 spiro atoms. The molecule has 0 aliphatic heterocycles. The molecule has 1 aliphatic rings. The molecule has 3 nitrogen and oxygen atoms in total. The van der Waals surface area contributed by atoms with E-state index in [1.54, 1.807) is 7.11 Å². The summed E-state index contributed by atoms with van der Waals surface area (Å²) in [6.07, 6.45) is 0. The second-order valence-corrected chi connectivity index (χ2v) is 4.31. The first-order valence-electron chi connectivity index (χ1n) is 5.72. The Morgan fingerprint density at radius 2 is 1.83 bits per heavy atom. The van der Waals surface area contributed by atoms with E-state index in [4.69, 9.17) is 4.74 Å². The van der Waals surface area contributed by atoms with Crippen molar-refractivity contribution in [2.24, 2.45) is 0 Å². The Balaban J connectivity index is 2.28. The average Bonchev–Trinajstić information content (AvgIpc) is 2.72. The van der Waals surface area contributed by atoms with Gasteiger partial charge < -0.3 is 9.84 Å². The fourth-order valence-electron chi connectivity index (χ4n) is 2.58. The fourth-order valence-corrected chi connectivity index (χ4v) is 2.58. The summed E-state index contributed by atoms with van der Waals surface area (Å²) in [5, 5.41) is 9.43. The van der Waals surface area contributed by atoms with Crippen LogP contribution >= 0.6 is 0 Å². The molecule has 0 aromatic heterocycles. The monoisotopic (exact) mass is 240 g/mol. The van der Waals surface area contributed by atoms with Crippen molar-refractivity contribution < 1.29 is 14.6 Å². The van der Waals surface area contributed by atoms with Crippen molar-refractivity contribution in [1.29, 1.82) is 0 Å². The Morgan fingerprint density at radius 3 is 2.56 bits per heavy atom. The molecule has 0 heterocycles. The molecule has 1 N–H and O–H groups in total. The average molecular weight is 240 g/mol. The lowest BCUT2D eigenvalue weighted by Crippen LogP contribution is -2.10. The van der Waals surface area contributed by atoms with Crippen LogP contribution in [0.1, 0.15) is 17.0 Å². The zero-order valence-electron chi connectivity index (χ0n) is 9.88. The predicted octanol–water partition coefficient (Wildman–Crippen LogP) is 2.89. The molecule has 3 heteroatoms. The number of fused-ring (bicyclic) bond motifs is 3. The van der Waals surface area contributed by atoms with Gasteiger partial charge in [-0.15, -0.1) is 0 Å². The second kappa shape index (κ2) is 3.88. The highest BCUT2D eigenvalue weighted by Gasteiger charge is 2.33. The third-order valence-corrected chi connectivity index (χ3v) is 3.38. The van der Waals surface area contributed by atoms with Gasteiger partial charge in [0.1, 0.15) is 11.7 Å². The summed E-state index contributed by atoms with van der Waals surface area (Å²) in [6, 6.07) is 13.2. The zero-order valence-corrected chi connectivity index (χ0v) is 9.88. The molecule has 0 saturated heterocycles. The van der Waals surface area contributed by atoms with E-state index in [2.05, 4.69) is 0 Å². The highest BCUT2D eigenvalue weighted by Crippen LogP contribution is 2.45. The van der Waals surface area contributed by atoms with E-state index in [9.17, 15) is 9.90 Å². The summed E-state index contributed by atoms with van der Waals surface area (Å²) in [5.74, 6) is -0.728. The van der Waals surface area contributed by atoms with E-state index in [0.717, 1.165) is 22.3 Å². The van der Waals surface area contributed by atoms with E-state index in [1.807, 2.05) is 42.5 Å². The topological polar surface area (TPSA) is 46.5 Å². The van der Waals surface area contributed by atoms with E-state index in [-0.39, 0.29) is 0 Å². The number of carboxylic acid groups (broad SMARTS) is 1. The van der Waals surface area contributed by atoms with Crippen molar-refractivity contribution in [1.82, 2.24) is 0 Å². The standard InChI is InChI=1S/C15H12O3/c1-18-9-6-7-11-10-4-2-3-5-12(10)14(15(16)17)13(11)8-9/h2-8,14H,1H3,(H,16,17). The third-order valence-electron chi connectivity index (χ3n) is 3.38. The first-order valence-corrected chi connectivity index (χ1v) is 5.72. The van der Waals surface area contributed by atoms with E-state index in [0.29, 0.717) is 5.75 Å². The van der Waals surface area contributed by atoms with Gasteiger partial charge in [-0.25, -0.2) is 0 Å².